The first-order valence-electron chi connectivity index (χ1n) is 16.6. The number of amides is 2. The maximum absolute atomic E-state index is 13.8. The number of rotatable bonds is 11. The molecule has 0 aliphatic carbocycles. The average molecular weight is 689 g/mol. The highest BCUT2D eigenvalue weighted by Crippen LogP contribution is 2.35. The zero-order valence-electron chi connectivity index (χ0n) is 28.7. The van der Waals surface area contributed by atoms with Crippen molar-refractivity contribution in [2.24, 2.45) is 5.92 Å². The van der Waals surface area contributed by atoms with Crippen LogP contribution in [0.3, 0.4) is 0 Å². The number of ether oxygens (including phenoxy) is 1. The number of anilines is 3. The van der Waals surface area contributed by atoms with Crippen LogP contribution in [0.4, 0.5) is 30.2 Å². The number of alkyl halides is 3. The van der Waals surface area contributed by atoms with Crippen molar-refractivity contribution in [1.29, 1.82) is 0 Å². The first kappa shape index (κ1) is 36.4. The minimum atomic E-state index is -4.47. The highest BCUT2D eigenvalue weighted by molar-refractivity contribution is 6.02. The van der Waals surface area contributed by atoms with Crippen LogP contribution in [0.5, 0.6) is 5.75 Å². The van der Waals surface area contributed by atoms with Crippen molar-refractivity contribution in [3.8, 4) is 5.75 Å². The Hall–Kier alpha value is -4.87. The van der Waals surface area contributed by atoms with E-state index >= 15 is 0 Å². The fraction of sp³-hybridized carbons (Fsp3) is 0.333. The molecule has 4 aromatic carbocycles. The van der Waals surface area contributed by atoms with Crippen molar-refractivity contribution in [2.75, 3.05) is 44.0 Å². The predicted molar refractivity (Wildman–Crippen MR) is 189 cm³/mol. The molecule has 0 aromatic heterocycles. The third-order valence-electron chi connectivity index (χ3n) is 9.02. The topological polar surface area (TPSA) is 85.3 Å². The van der Waals surface area contributed by atoms with Crippen LogP contribution in [-0.2, 0) is 23.9 Å². The Morgan fingerprint density at radius 1 is 0.940 bits per heavy atom. The van der Waals surface area contributed by atoms with E-state index in [1.807, 2.05) is 39.2 Å². The molecule has 0 saturated heterocycles. The number of halogens is 3. The quantitative estimate of drug-likeness (QED) is 0.177. The van der Waals surface area contributed by atoms with E-state index in [0.717, 1.165) is 29.1 Å². The Balaban J connectivity index is 1.34. The van der Waals surface area contributed by atoms with Crippen LogP contribution < -0.4 is 15.0 Å². The van der Waals surface area contributed by atoms with Gasteiger partial charge in [-0.3, -0.25) is 14.5 Å². The fourth-order valence-corrected chi connectivity index (χ4v) is 6.06. The van der Waals surface area contributed by atoms with Gasteiger partial charge in [0.25, 0.3) is 5.91 Å². The number of carbonyl (C=O) groups excluding carboxylic acids is 2. The summed E-state index contributed by atoms with van der Waals surface area (Å²) in [7, 11) is 4.02. The predicted octanol–water partition coefficient (Wildman–Crippen LogP) is 7.01. The number of carbonyl (C=O) groups is 2. The molecule has 8 nitrogen and oxygen atoms in total. The molecule has 0 radical (unpaired) electrons. The molecule has 0 spiro atoms. The molecule has 1 aliphatic rings. The molecule has 0 saturated carbocycles. The number of hydrogen-bond acceptors (Lipinski definition) is 6. The molecule has 2 amide bonds. The number of aliphatic hydroxyl groups is 1. The number of para-hydroxylation sites is 2. The van der Waals surface area contributed by atoms with E-state index in [9.17, 15) is 27.9 Å². The highest BCUT2D eigenvalue weighted by Gasteiger charge is 2.35. The summed E-state index contributed by atoms with van der Waals surface area (Å²) in [6.45, 7) is 5.03. The SMILES string of the molecule is CC(CO)N1C[C@@H](C)[C@@H](CN(C)Cc2ccc(N(C)c3ccccc3)cc2)Oc2c(NC(=O)Cc3ccc(C(F)(F)F)cc3)cccc2C1=O. The Bertz CT molecular complexity index is 1750. The second-order valence-electron chi connectivity index (χ2n) is 13.0. The lowest BCUT2D eigenvalue weighted by molar-refractivity contribution is -0.137. The maximum Gasteiger partial charge on any atom is 0.416 e. The Morgan fingerprint density at radius 2 is 1.58 bits per heavy atom. The van der Waals surface area contributed by atoms with E-state index in [1.54, 1.807) is 30.0 Å². The van der Waals surface area contributed by atoms with Gasteiger partial charge < -0.3 is 25.0 Å². The molecule has 1 unspecified atom stereocenters. The van der Waals surface area contributed by atoms with Gasteiger partial charge in [-0.25, -0.2) is 0 Å². The van der Waals surface area contributed by atoms with Crippen LogP contribution in [0.15, 0.2) is 97.1 Å². The maximum atomic E-state index is 13.8. The van der Waals surface area contributed by atoms with Gasteiger partial charge in [0.15, 0.2) is 5.75 Å². The van der Waals surface area contributed by atoms with Crippen LogP contribution in [0.2, 0.25) is 0 Å². The van der Waals surface area contributed by atoms with E-state index in [4.69, 9.17) is 4.74 Å². The van der Waals surface area contributed by atoms with Crippen LogP contribution in [0.25, 0.3) is 0 Å². The number of nitrogens with zero attached hydrogens (tertiary/aromatic N) is 3. The van der Waals surface area contributed by atoms with Gasteiger partial charge >= 0.3 is 6.18 Å². The summed E-state index contributed by atoms with van der Waals surface area (Å²) in [6, 6.07) is 27.4. The standard InChI is InChI=1S/C39H43F3N4O4/c1-26-22-46(27(2)25-47)38(49)33-11-8-12-34(43-36(48)21-28-13-17-30(18-14-28)39(40,41)42)37(33)50-35(26)24-44(3)23-29-15-19-32(20-16-29)45(4)31-9-6-5-7-10-31/h5-20,26-27,35,47H,21-25H2,1-4H3,(H,43,48)/t26-,27?,35-/m1/s1. The van der Waals surface area contributed by atoms with Crippen molar-refractivity contribution in [3.63, 3.8) is 0 Å². The van der Waals surface area contributed by atoms with Gasteiger partial charge in [-0.15, -0.1) is 0 Å². The molecule has 50 heavy (non-hydrogen) atoms. The fourth-order valence-electron chi connectivity index (χ4n) is 6.06. The lowest BCUT2D eigenvalue weighted by Crippen LogP contribution is -2.49. The summed E-state index contributed by atoms with van der Waals surface area (Å²) in [5.74, 6) is -0.743. The first-order chi connectivity index (χ1) is 23.8. The van der Waals surface area contributed by atoms with Gasteiger partial charge in [-0.1, -0.05) is 55.5 Å². The van der Waals surface area contributed by atoms with Crippen molar-refractivity contribution in [1.82, 2.24) is 9.80 Å². The monoisotopic (exact) mass is 688 g/mol. The van der Waals surface area contributed by atoms with E-state index in [1.165, 1.54) is 12.1 Å². The van der Waals surface area contributed by atoms with Crippen molar-refractivity contribution in [3.05, 3.63) is 119 Å². The molecular formula is C39H43F3N4O4. The summed E-state index contributed by atoms with van der Waals surface area (Å²) in [5.41, 5.74) is 3.40. The number of hydrogen-bond donors (Lipinski definition) is 2. The summed E-state index contributed by atoms with van der Waals surface area (Å²) in [6.07, 6.45) is -5.05. The summed E-state index contributed by atoms with van der Waals surface area (Å²) < 4.78 is 45.7. The van der Waals surface area contributed by atoms with Crippen molar-refractivity contribution in [2.45, 2.75) is 45.1 Å². The number of benzene rings is 4. The third-order valence-corrected chi connectivity index (χ3v) is 9.02. The van der Waals surface area contributed by atoms with Gasteiger partial charge in [-0.2, -0.15) is 13.2 Å². The second-order valence-corrected chi connectivity index (χ2v) is 13.0. The normalized spacial score (nSPS) is 17.0. The molecule has 4 aromatic rings. The molecule has 1 aliphatic heterocycles. The number of likely N-dealkylation sites (N-methyl/N-ethyl adjacent to an activating group) is 1. The molecule has 1 heterocycles. The largest absolute Gasteiger partial charge is 0.486 e. The van der Waals surface area contributed by atoms with Gasteiger partial charge in [0, 0.05) is 44.0 Å². The van der Waals surface area contributed by atoms with Gasteiger partial charge in [0.2, 0.25) is 5.91 Å². The summed E-state index contributed by atoms with van der Waals surface area (Å²) >= 11 is 0. The van der Waals surface area contributed by atoms with Crippen LogP contribution >= 0.6 is 0 Å². The molecule has 0 fully saturated rings. The second kappa shape index (κ2) is 15.8. The lowest BCUT2D eigenvalue weighted by Gasteiger charge is -2.38. The minimum absolute atomic E-state index is 0.152. The highest BCUT2D eigenvalue weighted by atomic mass is 19.4. The Kier molecular flexibility index (Phi) is 11.5. The summed E-state index contributed by atoms with van der Waals surface area (Å²) in [4.78, 5) is 32.9. The van der Waals surface area contributed by atoms with Gasteiger partial charge in [0.1, 0.15) is 6.10 Å². The van der Waals surface area contributed by atoms with Crippen molar-refractivity contribution >= 4 is 28.9 Å². The first-order valence-corrected chi connectivity index (χ1v) is 16.6. The summed E-state index contributed by atoms with van der Waals surface area (Å²) in [5, 5.41) is 12.8. The molecule has 0 bridgehead atoms. The molecule has 11 heteroatoms. The van der Waals surface area contributed by atoms with Crippen LogP contribution in [0, 0.1) is 5.92 Å². The van der Waals surface area contributed by atoms with Crippen molar-refractivity contribution < 1.29 is 32.6 Å². The average Bonchev–Trinajstić information content (AvgIpc) is 3.10. The Labute approximate surface area is 291 Å². The van der Waals surface area contributed by atoms with Crippen LogP contribution in [0.1, 0.15) is 40.9 Å². The number of aliphatic hydroxyl groups excluding tert-OH is 1. The number of nitrogens with one attached hydrogen (secondary N) is 1. The lowest BCUT2D eigenvalue weighted by atomic mass is 9.98. The Morgan fingerprint density at radius 3 is 2.22 bits per heavy atom. The van der Waals surface area contributed by atoms with E-state index in [0.29, 0.717) is 25.2 Å². The molecule has 2 N–H and O–H groups in total. The molecular weight excluding hydrogens is 645 g/mol. The van der Waals surface area contributed by atoms with Gasteiger partial charge in [-0.05, 0) is 73.6 Å². The van der Waals surface area contributed by atoms with E-state index in [-0.39, 0.29) is 41.9 Å². The molecule has 3 atom stereocenters. The van der Waals surface area contributed by atoms with E-state index in [2.05, 4.69) is 51.5 Å². The third kappa shape index (κ3) is 8.83. The smallest absolute Gasteiger partial charge is 0.416 e. The van der Waals surface area contributed by atoms with E-state index < -0.39 is 29.8 Å². The zero-order valence-corrected chi connectivity index (χ0v) is 28.7. The zero-order chi connectivity index (χ0) is 36.0. The molecule has 264 valence electrons. The van der Waals surface area contributed by atoms with Gasteiger partial charge in [0.05, 0.1) is 35.9 Å². The van der Waals surface area contributed by atoms with Crippen LogP contribution in [-0.4, -0.2) is 72.7 Å². The minimum Gasteiger partial charge on any atom is -0.486 e. The number of fused-ring (bicyclic) bond motifs is 1. The molecule has 5 rings (SSSR count).